The van der Waals surface area contributed by atoms with Gasteiger partial charge in [0, 0.05) is 5.69 Å². The van der Waals surface area contributed by atoms with E-state index >= 15 is 0 Å². The second kappa shape index (κ2) is 10.5. The molecule has 1 atom stereocenters. The molecule has 31 heavy (non-hydrogen) atoms. The highest BCUT2D eigenvalue weighted by atomic mass is 32.2. The maximum atomic E-state index is 14.0. The number of halogens is 1. The van der Waals surface area contributed by atoms with Crippen LogP contribution in [-0.2, 0) is 21.4 Å². The normalized spacial score (nSPS) is 12.5. The van der Waals surface area contributed by atoms with E-state index in [0.29, 0.717) is 18.0 Å². The lowest BCUT2D eigenvalue weighted by Gasteiger charge is -2.19. The van der Waals surface area contributed by atoms with Crippen LogP contribution in [0.15, 0.2) is 66.1 Å². The molecule has 0 radical (unpaired) electrons. The maximum absolute atomic E-state index is 14.0. The van der Waals surface area contributed by atoms with E-state index in [1.165, 1.54) is 30.2 Å². The smallest absolute Gasteiger partial charge is 0.244 e. The van der Waals surface area contributed by atoms with Crippen LogP contribution in [0.1, 0.15) is 12.0 Å². The fourth-order valence-corrected chi connectivity index (χ4v) is 4.65. The van der Waals surface area contributed by atoms with Gasteiger partial charge in [-0.3, -0.25) is 4.79 Å². The van der Waals surface area contributed by atoms with Gasteiger partial charge in [0.2, 0.25) is 15.9 Å². The average molecular weight is 464 g/mol. The predicted molar refractivity (Wildman–Crippen MR) is 118 cm³/mol. The summed E-state index contributed by atoms with van der Waals surface area (Å²) < 4.78 is 43.3. The molecule has 2 aromatic carbocycles. The monoisotopic (exact) mass is 463 g/mol. The van der Waals surface area contributed by atoms with Crippen molar-refractivity contribution in [2.24, 2.45) is 0 Å². The van der Waals surface area contributed by atoms with Gasteiger partial charge >= 0.3 is 0 Å². The molecule has 8 nitrogen and oxygen atoms in total. The zero-order chi connectivity index (χ0) is 22.3. The zero-order valence-electron chi connectivity index (χ0n) is 16.7. The van der Waals surface area contributed by atoms with Crippen molar-refractivity contribution < 1.29 is 17.6 Å². The van der Waals surface area contributed by atoms with Crippen molar-refractivity contribution in [1.29, 1.82) is 0 Å². The molecule has 11 heteroatoms. The molecule has 0 aliphatic heterocycles. The highest BCUT2D eigenvalue weighted by Gasteiger charge is 2.27. The number of hydrogen-bond acceptors (Lipinski definition) is 6. The number of carbonyl (C=O) groups is 1. The Morgan fingerprint density at radius 1 is 1.23 bits per heavy atom. The molecule has 1 amide bonds. The molecule has 0 fully saturated rings. The minimum Gasteiger partial charge on any atom is -0.325 e. The van der Waals surface area contributed by atoms with Gasteiger partial charge in [-0.05, 0) is 48.3 Å². The number of rotatable bonds is 10. The van der Waals surface area contributed by atoms with Crippen molar-refractivity contribution in [3.8, 4) is 0 Å². The van der Waals surface area contributed by atoms with Crippen LogP contribution in [0, 0.1) is 5.82 Å². The Hall–Kier alpha value is -2.76. The molecule has 1 unspecified atom stereocenters. The minimum absolute atomic E-state index is 0.249. The fraction of sp³-hybridized carbons (Fsp3) is 0.250. The van der Waals surface area contributed by atoms with Crippen LogP contribution in [0.4, 0.5) is 10.1 Å². The molecule has 0 saturated heterocycles. The molecule has 164 valence electrons. The summed E-state index contributed by atoms with van der Waals surface area (Å²) in [6.07, 6.45) is 5.12. The Morgan fingerprint density at radius 2 is 2.03 bits per heavy atom. The Kier molecular flexibility index (Phi) is 7.77. The van der Waals surface area contributed by atoms with Crippen molar-refractivity contribution in [1.82, 2.24) is 19.5 Å². The largest absolute Gasteiger partial charge is 0.325 e. The van der Waals surface area contributed by atoms with E-state index in [1.807, 2.05) is 12.3 Å². The van der Waals surface area contributed by atoms with Crippen molar-refractivity contribution in [2.75, 3.05) is 17.3 Å². The summed E-state index contributed by atoms with van der Waals surface area (Å²) in [5, 5.41) is 6.79. The highest BCUT2D eigenvalue weighted by molar-refractivity contribution is 7.98. The van der Waals surface area contributed by atoms with Gasteiger partial charge < -0.3 is 5.32 Å². The molecule has 3 aromatic rings. The Balaban J connectivity index is 1.75. The molecule has 1 heterocycles. The van der Waals surface area contributed by atoms with Gasteiger partial charge in [0.25, 0.3) is 0 Å². The van der Waals surface area contributed by atoms with Crippen LogP contribution in [0.5, 0.6) is 0 Å². The predicted octanol–water partition coefficient (Wildman–Crippen LogP) is 2.50. The van der Waals surface area contributed by atoms with Crippen LogP contribution >= 0.6 is 11.8 Å². The first-order valence-electron chi connectivity index (χ1n) is 9.37. The lowest BCUT2D eigenvalue weighted by atomic mass is 10.2. The minimum atomic E-state index is -4.21. The van der Waals surface area contributed by atoms with Crippen molar-refractivity contribution >= 4 is 33.4 Å². The van der Waals surface area contributed by atoms with Gasteiger partial charge in [0.15, 0.2) is 0 Å². The number of nitrogens with one attached hydrogen (secondary N) is 2. The van der Waals surface area contributed by atoms with Gasteiger partial charge in [-0.2, -0.15) is 21.6 Å². The third kappa shape index (κ3) is 6.36. The molecular formula is C20H22FN5O3S2. The maximum Gasteiger partial charge on any atom is 0.244 e. The Bertz CT molecular complexity index is 1120. The van der Waals surface area contributed by atoms with Gasteiger partial charge in [-0.1, -0.05) is 24.3 Å². The summed E-state index contributed by atoms with van der Waals surface area (Å²) in [6.45, 7) is 0.472. The second-order valence-corrected chi connectivity index (χ2v) is 9.34. The van der Waals surface area contributed by atoms with Crippen LogP contribution < -0.4 is 10.0 Å². The number of benzene rings is 2. The lowest BCUT2D eigenvalue weighted by Crippen LogP contribution is -2.44. The molecule has 0 spiro atoms. The molecule has 0 aliphatic carbocycles. The third-order valence-corrected chi connectivity index (χ3v) is 6.51. The molecule has 2 N–H and O–H groups in total. The average Bonchev–Trinajstić information content (AvgIpc) is 3.24. The van der Waals surface area contributed by atoms with E-state index in [9.17, 15) is 17.6 Å². The number of nitrogens with zero attached hydrogens (tertiary/aromatic N) is 3. The quantitative estimate of drug-likeness (QED) is 0.479. The van der Waals surface area contributed by atoms with Gasteiger partial charge in [0.05, 0.1) is 6.54 Å². The fourth-order valence-electron chi connectivity index (χ4n) is 2.87. The van der Waals surface area contributed by atoms with E-state index < -0.39 is 32.7 Å². The number of thioether (sulfide) groups is 1. The first-order chi connectivity index (χ1) is 14.9. The highest BCUT2D eigenvalue weighted by Crippen LogP contribution is 2.17. The van der Waals surface area contributed by atoms with Crippen molar-refractivity contribution in [3.63, 3.8) is 0 Å². The summed E-state index contributed by atoms with van der Waals surface area (Å²) in [7, 11) is -4.21. The summed E-state index contributed by atoms with van der Waals surface area (Å²) in [6, 6.07) is 11.1. The van der Waals surface area contributed by atoms with Gasteiger partial charge in [-0.15, -0.1) is 0 Å². The number of hydrogen-bond donors (Lipinski definition) is 2. The summed E-state index contributed by atoms with van der Waals surface area (Å²) in [4.78, 5) is 16.3. The summed E-state index contributed by atoms with van der Waals surface area (Å²) >= 11 is 1.48. The van der Waals surface area contributed by atoms with E-state index in [0.717, 1.165) is 17.7 Å². The summed E-state index contributed by atoms with van der Waals surface area (Å²) in [5.41, 5.74) is 1.40. The van der Waals surface area contributed by atoms with E-state index in [1.54, 1.807) is 29.2 Å². The van der Waals surface area contributed by atoms with E-state index in [-0.39, 0.29) is 6.42 Å². The zero-order valence-corrected chi connectivity index (χ0v) is 18.4. The van der Waals surface area contributed by atoms with Crippen LogP contribution in [-0.4, -0.2) is 47.1 Å². The first-order valence-corrected chi connectivity index (χ1v) is 12.2. The molecule has 3 rings (SSSR count). The molecular weight excluding hydrogens is 441 g/mol. The number of sulfonamides is 1. The third-order valence-electron chi connectivity index (χ3n) is 4.36. The molecule has 0 saturated carbocycles. The van der Waals surface area contributed by atoms with E-state index in [4.69, 9.17) is 0 Å². The van der Waals surface area contributed by atoms with E-state index in [2.05, 4.69) is 20.1 Å². The van der Waals surface area contributed by atoms with Crippen molar-refractivity contribution in [3.05, 3.63) is 72.6 Å². The topological polar surface area (TPSA) is 106 Å². The lowest BCUT2D eigenvalue weighted by molar-refractivity contribution is -0.117. The summed E-state index contributed by atoms with van der Waals surface area (Å²) in [5.74, 6) is -0.851. The Labute approximate surface area is 184 Å². The number of carbonyl (C=O) groups excluding carboxylic acids is 1. The van der Waals surface area contributed by atoms with Crippen molar-refractivity contribution in [2.45, 2.75) is 23.9 Å². The van der Waals surface area contributed by atoms with Gasteiger partial charge in [-0.25, -0.2) is 22.5 Å². The number of amides is 1. The second-order valence-electron chi connectivity index (χ2n) is 6.67. The number of aromatic nitrogens is 3. The van der Waals surface area contributed by atoms with Gasteiger partial charge in [0.1, 0.15) is 29.4 Å². The molecule has 0 bridgehead atoms. The standard InChI is InChI=1S/C20H22FN5O3S2/c1-30-10-9-18(25-31(28,29)19-8-3-2-7-17(19)21)20(27)24-16-6-4-5-15(11-16)12-26-14-22-13-23-26/h2-8,11,13-14,18,25H,9-10,12H2,1H3,(H,24,27). The van der Waals surface area contributed by atoms with Crippen LogP contribution in [0.2, 0.25) is 0 Å². The molecule has 1 aromatic heterocycles. The Morgan fingerprint density at radius 3 is 2.74 bits per heavy atom. The SMILES string of the molecule is CSCCC(NS(=O)(=O)c1ccccc1F)C(=O)Nc1cccc(Cn2cncn2)c1. The number of anilines is 1. The first kappa shape index (κ1) is 22.9. The molecule has 0 aliphatic rings. The van der Waals surface area contributed by atoms with Crippen LogP contribution in [0.3, 0.4) is 0 Å². The van der Waals surface area contributed by atoms with Crippen LogP contribution in [0.25, 0.3) is 0 Å².